The molecule has 0 aromatic carbocycles. The molecule has 0 bridgehead atoms. The fraction of sp³-hybridized carbons (Fsp3) is 0.898. The van der Waals surface area contributed by atoms with Gasteiger partial charge in [0.2, 0.25) is 0 Å². The lowest BCUT2D eigenvalue weighted by Crippen LogP contribution is -2.71. The van der Waals surface area contributed by atoms with Gasteiger partial charge in [-0.1, -0.05) is 66.2 Å². The number of rotatable bonds is 13. The first kappa shape index (κ1) is 65.1. The Bertz CT molecular complexity index is 2400. The van der Waals surface area contributed by atoms with E-state index in [1.54, 1.807) is 19.9 Å². The molecule has 9 aliphatic rings. The van der Waals surface area contributed by atoms with Crippen LogP contribution >= 0.6 is 0 Å². The number of aliphatic hydroxyl groups excluding tert-OH is 13. The molecule has 8 fully saturated rings. The lowest BCUT2D eigenvalue weighted by Gasteiger charge is -2.72. The molecule has 9 rings (SSSR count). The summed E-state index contributed by atoms with van der Waals surface area (Å²) in [5.41, 5.74) is -2.12. The third kappa shape index (κ3) is 10.5. The van der Waals surface area contributed by atoms with E-state index in [1.165, 1.54) is 6.92 Å². The largest absolute Gasteiger partial charge is 0.479 e. The number of carbonyl (C=O) groups excluding carboxylic acids is 1. The number of aliphatic carboxylic acids is 1. The van der Waals surface area contributed by atoms with Gasteiger partial charge in [0.05, 0.1) is 43.5 Å². The molecule has 24 heteroatoms. The maximum absolute atomic E-state index is 13.5. The van der Waals surface area contributed by atoms with E-state index in [2.05, 4.69) is 54.5 Å². The Morgan fingerprint density at radius 2 is 1.23 bits per heavy atom. The zero-order valence-electron chi connectivity index (χ0n) is 49.3. The van der Waals surface area contributed by atoms with Crippen LogP contribution in [0.15, 0.2) is 23.3 Å². The van der Waals surface area contributed by atoms with Gasteiger partial charge in [0.25, 0.3) is 0 Å². The Balaban J connectivity index is 1.08. The SMILES string of the molecule is C/C=C(\C)C(=O)O[C@H]1CC(C)(C)C[C@H]2C3=CC[C@@H]4[C@@]5(C)CC[C@H]([C@@H]6O[C@H](C(=O)O)[C@@H](O)[C@H](O[C@@H]7O[C@H](CO)[C@H](O)[C@H](O)[C@H]7O[C@@H]7O[C@@H](C)[C@H](O)[C@@H](O)[C@H]7O)[C@H]6O[C@@H]6O[C@H](CO)[C@H](O)[C@H](O)[C@H]6O)C(C)(C)[C@@H]5CC[C@@]4(C)[C@]3(C)C[C@@H](O)[C@@]12CO. The third-order valence-corrected chi connectivity index (χ3v) is 22.8. The van der Waals surface area contributed by atoms with Crippen LogP contribution in [0.4, 0.5) is 0 Å². The standard InChI is InChI=1S/C59H94O24/c1-11-24(2)50(75)79-34-20-54(4,5)18-28-26-12-13-32-56(8)16-14-27(55(6,7)31(56)15-17-57(32,9)58(26,10)19-33(63)59(28,34)23-62)44-48(83-52-42(71)39(68)36(65)29(21-60)77-52)45(43(72)46(80-44)49(73)74)81-53-47(40(69)37(66)30(22-61)78-53)82-51-41(70)38(67)35(64)25(3)76-51/h11-12,25,27-48,51-53,60-72H,13-23H2,1-10H3,(H,73,74)/b24-11+/t25-,27+,28-,29+,30+,31-,32+,33+,34-,35-,36-,37-,38+,39-,40-,41+,42+,43-,44-,45-,46-,47+,48-,51-,52-,53-,56-,57+,58+,59-/m0/s1. The first-order valence-electron chi connectivity index (χ1n) is 29.7. The van der Waals surface area contributed by atoms with Gasteiger partial charge < -0.3 is 109 Å². The molecule has 5 aliphatic carbocycles. The molecule has 0 unspecified atom stereocenters. The maximum atomic E-state index is 13.5. The second-order valence-electron chi connectivity index (χ2n) is 28.0. The van der Waals surface area contributed by atoms with E-state index in [1.807, 2.05) is 0 Å². The summed E-state index contributed by atoms with van der Waals surface area (Å²) < 4.78 is 49.5. The van der Waals surface area contributed by atoms with E-state index in [0.717, 1.165) is 5.57 Å². The Hall–Kier alpha value is -2.38. The molecule has 4 aliphatic heterocycles. The molecule has 474 valence electrons. The Kier molecular flexibility index (Phi) is 18.4. The number of carbonyl (C=O) groups is 2. The van der Waals surface area contributed by atoms with E-state index in [0.29, 0.717) is 56.9 Å². The summed E-state index contributed by atoms with van der Waals surface area (Å²) in [6.45, 7) is 17.9. The summed E-state index contributed by atoms with van der Waals surface area (Å²) in [4.78, 5) is 26.9. The van der Waals surface area contributed by atoms with Crippen LogP contribution in [0.5, 0.6) is 0 Å². The van der Waals surface area contributed by atoms with Crippen LogP contribution in [0.3, 0.4) is 0 Å². The summed E-state index contributed by atoms with van der Waals surface area (Å²) in [5.74, 6) is -3.24. The number of hydrogen-bond donors (Lipinski definition) is 14. The van der Waals surface area contributed by atoms with Gasteiger partial charge >= 0.3 is 11.9 Å². The predicted octanol–water partition coefficient (Wildman–Crippen LogP) is -0.710. The molecule has 0 radical (unpaired) electrons. The minimum Gasteiger partial charge on any atom is -0.479 e. The van der Waals surface area contributed by atoms with Gasteiger partial charge in [-0.3, -0.25) is 0 Å². The lowest BCUT2D eigenvalue weighted by molar-refractivity contribution is -0.393. The number of aliphatic hydroxyl groups is 13. The van der Waals surface area contributed by atoms with Crippen molar-refractivity contribution in [1.29, 1.82) is 0 Å². The summed E-state index contributed by atoms with van der Waals surface area (Å²) in [7, 11) is 0. The summed E-state index contributed by atoms with van der Waals surface area (Å²) in [6, 6.07) is 0. The molecule has 14 N–H and O–H groups in total. The highest BCUT2D eigenvalue weighted by molar-refractivity contribution is 5.87. The van der Waals surface area contributed by atoms with Gasteiger partial charge in [0, 0.05) is 5.57 Å². The van der Waals surface area contributed by atoms with Crippen LogP contribution < -0.4 is 0 Å². The monoisotopic (exact) mass is 1190 g/mol. The minimum atomic E-state index is -2.20. The molecule has 4 heterocycles. The average molecular weight is 1190 g/mol. The molecule has 0 amide bonds. The molecular weight excluding hydrogens is 1090 g/mol. The van der Waals surface area contributed by atoms with Crippen LogP contribution in [0, 0.1) is 56.2 Å². The normalized spacial score (nSPS) is 52.4. The number of carboxylic acids is 1. The molecule has 0 aromatic heterocycles. The molecule has 4 saturated carbocycles. The fourth-order valence-electron chi connectivity index (χ4n) is 17.8. The van der Waals surface area contributed by atoms with Gasteiger partial charge in [-0.2, -0.15) is 0 Å². The maximum Gasteiger partial charge on any atom is 0.335 e. The first-order chi connectivity index (χ1) is 38.7. The van der Waals surface area contributed by atoms with Crippen molar-refractivity contribution in [1.82, 2.24) is 0 Å². The second kappa shape index (κ2) is 23.5. The van der Waals surface area contributed by atoms with E-state index in [4.69, 9.17) is 37.9 Å². The topological polar surface area (TPSA) is 391 Å². The van der Waals surface area contributed by atoms with Gasteiger partial charge in [0.1, 0.15) is 91.6 Å². The smallest absolute Gasteiger partial charge is 0.335 e. The van der Waals surface area contributed by atoms with Crippen molar-refractivity contribution in [3.05, 3.63) is 23.3 Å². The zero-order valence-corrected chi connectivity index (χ0v) is 49.3. The number of hydrogen-bond acceptors (Lipinski definition) is 23. The fourth-order valence-corrected chi connectivity index (χ4v) is 17.8. The van der Waals surface area contributed by atoms with Crippen molar-refractivity contribution >= 4 is 11.9 Å². The van der Waals surface area contributed by atoms with Crippen LogP contribution in [-0.4, -0.2) is 238 Å². The van der Waals surface area contributed by atoms with Gasteiger partial charge in [-0.05, 0) is 123 Å². The van der Waals surface area contributed by atoms with Crippen LogP contribution in [-0.2, 0) is 47.5 Å². The number of ether oxygens (including phenoxy) is 8. The Labute approximate surface area is 484 Å². The van der Waals surface area contributed by atoms with E-state index >= 15 is 0 Å². The first-order valence-corrected chi connectivity index (χ1v) is 29.7. The Morgan fingerprint density at radius 1 is 0.651 bits per heavy atom. The molecule has 4 saturated heterocycles. The number of carboxylic acid groups (broad SMARTS) is 1. The zero-order chi connectivity index (χ0) is 61.2. The summed E-state index contributed by atoms with van der Waals surface area (Å²) >= 11 is 0. The van der Waals surface area contributed by atoms with E-state index < -0.39 is 193 Å². The van der Waals surface area contributed by atoms with E-state index in [9.17, 15) is 81.1 Å². The predicted molar refractivity (Wildman–Crippen MR) is 287 cm³/mol. The molecule has 30 atom stereocenters. The van der Waals surface area contributed by atoms with Crippen molar-refractivity contribution in [3.8, 4) is 0 Å². The third-order valence-electron chi connectivity index (χ3n) is 22.8. The molecule has 0 aromatic rings. The summed E-state index contributed by atoms with van der Waals surface area (Å²) in [6.07, 6.45) is -29.9. The minimum absolute atomic E-state index is 0.0119. The van der Waals surface area contributed by atoms with Gasteiger partial charge in [0.15, 0.2) is 25.0 Å². The van der Waals surface area contributed by atoms with Crippen LogP contribution in [0.25, 0.3) is 0 Å². The highest BCUT2D eigenvalue weighted by Gasteiger charge is 2.73. The molecule has 24 nitrogen and oxygen atoms in total. The van der Waals surface area contributed by atoms with Crippen molar-refractivity contribution in [2.24, 2.45) is 56.2 Å². The number of allylic oxidation sites excluding steroid dienone is 3. The van der Waals surface area contributed by atoms with Crippen molar-refractivity contribution in [2.75, 3.05) is 19.8 Å². The Morgan fingerprint density at radius 3 is 1.83 bits per heavy atom. The van der Waals surface area contributed by atoms with Gasteiger partial charge in [-0.15, -0.1) is 0 Å². The van der Waals surface area contributed by atoms with Crippen LogP contribution in [0.2, 0.25) is 0 Å². The quantitative estimate of drug-likeness (QED) is 0.0615. The second-order valence-corrected chi connectivity index (χ2v) is 28.0. The molecule has 0 spiro atoms. The number of esters is 1. The van der Waals surface area contributed by atoms with Crippen molar-refractivity contribution in [2.45, 2.75) is 255 Å². The molecule has 83 heavy (non-hydrogen) atoms. The highest BCUT2D eigenvalue weighted by atomic mass is 16.8. The molecular formula is C59H94O24. The highest BCUT2D eigenvalue weighted by Crippen LogP contribution is 2.76. The van der Waals surface area contributed by atoms with Crippen molar-refractivity contribution < 1.29 is 119 Å². The van der Waals surface area contributed by atoms with Crippen LogP contribution in [0.1, 0.15) is 121 Å². The lowest BCUT2D eigenvalue weighted by atomic mass is 9.32. The van der Waals surface area contributed by atoms with Crippen molar-refractivity contribution in [3.63, 3.8) is 0 Å². The van der Waals surface area contributed by atoms with E-state index in [-0.39, 0.29) is 29.8 Å². The average Bonchev–Trinajstić information content (AvgIpc) is 0.896. The van der Waals surface area contributed by atoms with Gasteiger partial charge in [-0.25, -0.2) is 9.59 Å². The number of fused-ring (bicyclic) bond motifs is 7. The summed E-state index contributed by atoms with van der Waals surface area (Å²) in [5, 5.41) is 156.